The Bertz CT molecular complexity index is 1100. The van der Waals surface area contributed by atoms with E-state index in [0.717, 1.165) is 12.1 Å². The molecule has 0 radical (unpaired) electrons. The third-order valence-electron chi connectivity index (χ3n) is 6.07. The average Bonchev–Trinajstić information content (AvgIpc) is 3.09. The molecule has 1 heterocycles. The summed E-state index contributed by atoms with van der Waals surface area (Å²) >= 11 is 0. The van der Waals surface area contributed by atoms with Gasteiger partial charge >= 0.3 is 6.18 Å². The molecule has 0 aliphatic heterocycles. The van der Waals surface area contributed by atoms with E-state index in [9.17, 15) is 27.8 Å². The number of rotatable bonds is 2. The number of methoxy groups -OCH3 is 1. The SMILES string of the molecule is COc1c(F)ccc2c1C(C)(C)CC(O)(C(F)(F)F)C2(O)c1cc2ccccc2[nH]1. The zero-order chi connectivity index (χ0) is 22.1. The van der Waals surface area contributed by atoms with Crippen LogP contribution >= 0.6 is 0 Å². The van der Waals surface area contributed by atoms with Crippen LogP contribution in [0, 0.1) is 5.82 Å². The number of para-hydroxylation sites is 1. The summed E-state index contributed by atoms with van der Waals surface area (Å²) in [6.07, 6.45) is -6.09. The molecule has 0 saturated heterocycles. The first kappa shape index (κ1) is 20.7. The van der Waals surface area contributed by atoms with Gasteiger partial charge < -0.3 is 19.9 Å². The van der Waals surface area contributed by atoms with Crippen LogP contribution in [0.5, 0.6) is 5.75 Å². The van der Waals surface area contributed by atoms with Gasteiger partial charge in [-0.15, -0.1) is 0 Å². The summed E-state index contributed by atoms with van der Waals surface area (Å²) in [5.41, 5.74) is -7.75. The summed E-state index contributed by atoms with van der Waals surface area (Å²) in [4.78, 5) is 2.81. The largest absolute Gasteiger partial charge is 0.493 e. The molecule has 2 atom stereocenters. The fourth-order valence-electron chi connectivity index (χ4n) is 4.75. The molecule has 1 aliphatic carbocycles. The highest BCUT2D eigenvalue weighted by Gasteiger charge is 2.72. The summed E-state index contributed by atoms with van der Waals surface area (Å²) in [6.45, 7) is 2.91. The first-order valence-corrected chi connectivity index (χ1v) is 9.34. The second kappa shape index (κ2) is 6.21. The average molecular weight is 423 g/mol. The fourth-order valence-corrected chi connectivity index (χ4v) is 4.75. The number of aromatic amines is 1. The van der Waals surface area contributed by atoms with Crippen molar-refractivity contribution in [2.24, 2.45) is 0 Å². The molecule has 2 aromatic carbocycles. The first-order valence-electron chi connectivity index (χ1n) is 9.34. The van der Waals surface area contributed by atoms with E-state index in [4.69, 9.17) is 4.74 Å². The maximum Gasteiger partial charge on any atom is 0.420 e. The van der Waals surface area contributed by atoms with E-state index in [1.807, 2.05) is 0 Å². The Kier molecular flexibility index (Phi) is 4.28. The van der Waals surface area contributed by atoms with Gasteiger partial charge in [0.2, 0.25) is 0 Å². The molecule has 0 amide bonds. The molecule has 3 N–H and O–H groups in total. The molecule has 8 heteroatoms. The Labute approximate surface area is 170 Å². The number of ether oxygens (including phenoxy) is 1. The number of halogens is 4. The fraction of sp³-hybridized carbons (Fsp3) is 0.364. The Balaban J connectivity index is 2.15. The lowest BCUT2D eigenvalue weighted by molar-refractivity contribution is -0.324. The second-order valence-corrected chi connectivity index (χ2v) is 8.40. The van der Waals surface area contributed by atoms with E-state index in [1.54, 1.807) is 24.3 Å². The van der Waals surface area contributed by atoms with Crippen molar-refractivity contribution in [3.8, 4) is 5.75 Å². The van der Waals surface area contributed by atoms with E-state index in [2.05, 4.69) is 4.98 Å². The minimum absolute atomic E-state index is 0.0834. The van der Waals surface area contributed by atoms with Gasteiger partial charge in [0.15, 0.2) is 22.8 Å². The van der Waals surface area contributed by atoms with E-state index >= 15 is 0 Å². The Hall–Kier alpha value is -2.58. The predicted octanol–water partition coefficient (Wildman–Crippen LogP) is 4.53. The zero-order valence-electron chi connectivity index (χ0n) is 16.6. The molecule has 4 nitrogen and oxygen atoms in total. The van der Waals surface area contributed by atoms with Crippen LogP contribution in [0.4, 0.5) is 17.6 Å². The number of aromatic nitrogens is 1. The van der Waals surface area contributed by atoms with Crippen molar-refractivity contribution in [2.75, 3.05) is 7.11 Å². The van der Waals surface area contributed by atoms with Gasteiger partial charge in [0.05, 0.1) is 12.8 Å². The van der Waals surface area contributed by atoms with Crippen LogP contribution in [0.1, 0.15) is 37.1 Å². The number of H-pyrrole nitrogens is 1. The standard InChI is InChI=1S/C22H21F4NO3/c1-19(2)11-20(28,22(24,25)26)21(29,13-8-9-14(23)18(30-3)17(13)19)16-10-12-6-4-5-7-15(12)27-16/h4-10,27-29H,11H2,1-3H3. The summed E-state index contributed by atoms with van der Waals surface area (Å²) < 4.78 is 62.6. The van der Waals surface area contributed by atoms with Gasteiger partial charge in [0.25, 0.3) is 0 Å². The number of fused-ring (bicyclic) bond motifs is 2. The van der Waals surface area contributed by atoms with Crippen molar-refractivity contribution >= 4 is 10.9 Å². The van der Waals surface area contributed by atoms with Crippen molar-refractivity contribution in [1.82, 2.24) is 4.98 Å². The quantitative estimate of drug-likeness (QED) is 0.531. The van der Waals surface area contributed by atoms with E-state index in [-0.39, 0.29) is 22.6 Å². The minimum Gasteiger partial charge on any atom is -0.493 e. The molecule has 4 rings (SSSR count). The summed E-state index contributed by atoms with van der Waals surface area (Å²) in [7, 11) is 1.21. The normalized spacial score (nSPS) is 25.9. The van der Waals surface area contributed by atoms with E-state index < -0.39 is 35.0 Å². The number of nitrogens with one attached hydrogen (secondary N) is 1. The van der Waals surface area contributed by atoms with Gasteiger partial charge in [-0.25, -0.2) is 4.39 Å². The summed E-state index contributed by atoms with van der Waals surface area (Å²) in [6, 6.07) is 10.1. The molecule has 3 aromatic rings. The van der Waals surface area contributed by atoms with Gasteiger partial charge in [-0.05, 0) is 35.4 Å². The summed E-state index contributed by atoms with van der Waals surface area (Å²) in [5.74, 6) is -1.02. The van der Waals surface area contributed by atoms with Gasteiger partial charge in [0, 0.05) is 16.6 Å². The third-order valence-corrected chi connectivity index (χ3v) is 6.07. The van der Waals surface area contributed by atoms with Crippen LogP contribution < -0.4 is 4.74 Å². The lowest BCUT2D eigenvalue weighted by Gasteiger charge is -2.53. The minimum atomic E-state index is -5.18. The number of hydrogen-bond donors (Lipinski definition) is 3. The lowest BCUT2D eigenvalue weighted by Crippen LogP contribution is -2.66. The molecule has 30 heavy (non-hydrogen) atoms. The molecule has 0 spiro atoms. The molecule has 1 aromatic heterocycles. The molecule has 0 bridgehead atoms. The van der Waals surface area contributed by atoms with Crippen LogP contribution in [0.2, 0.25) is 0 Å². The molecule has 0 fully saturated rings. The van der Waals surface area contributed by atoms with E-state index in [1.165, 1.54) is 27.0 Å². The number of hydrogen-bond acceptors (Lipinski definition) is 3. The maximum atomic E-state index is 14.5. The van der Waals surface area contributed by atoms with Gasteiger partial charge in [0.1, 0.15) is 0 Å². The van der Waals surface area contributed by atoms with Gasteiger partial charge in [-0.3, -0.25) is 0 Å². The monoisotopic (exact) mass is 423 g/mol. The van der Waals surface area contributed by atoms with Crippen molar-refractivity contribution in [1.29, 1.82) is 0 Å². The molecule has 1 aliphatic rings. The highest BCUT2D eigenvalue weighted by atomic mass is 19.4. The summed E-state index contributed by atoms with van der Waals surface area (Å²) in [5, 5.41) is 23.4. The van der Waals surface area contributed by atoms with Crippen LogP contribution in [-0.2, 0) is 11.0 Å². The molecular formula is C22H21F4NO3. The highest BCUT2D eigenvalue weighted by molar-refractivity contribution is 5.81. The highest BCUT2D eigenvalue weighted by Crippen LogP contribution is 2.60. The Morgan fingerprint density at radius 1 is 1.07 bits per heavy atom. The number of benzene rings is 2. The molecular weight excluding hydrogens is 402 g/mol. The van der Waals surface area contributed by atoms with Crippen molar-refractivity contribution in [2.45, 2.75) is 43.1 Å². The predicted molar refractivity (Wildman–Crippen MR) is 103 cm³/mol. The van der Waals surface area contributed by atoms with Gasteiger partial charge in [-0.1, -0.05) is 38.1 Å². The van der Waals surface area contributed by atoms with Crippen LogP contribution in [0.25, 0.3) is 10.9 Å². The molecule has 2 unspecified atom stereocenters. The molecule has 0 saturated carbocycles. The Morgan fingerprint density at radius 3 is 2.33 bits per heavy atom. The van der Waals surface area contributed by atoms with Crippen LogP contribution in [-0.4, -0.2) is 34.1 Å². The van der Waals surface area contributed by atoms with Crippen molar-refractivity contribution in [3.05, 3.63) is 65.1 Å². The van der Waals surface area contributed by atoms with Crippen LogP contribution in [0.15, 0.2) is 42.5 Å². The topological polar surface area (TPSA) is 65.5 Å². The maximum absolute atomic E-state index is 14.5. The molecule has 160 valence electrons. The third kappa shape index (κ3) is 2.53. The van der Waals surface area contributed by atoms with Crippen LogP contribution in [0.3, 0.4) is 0 Å². The second-order valence-electron chi connectivity index (χ2n) is 8.40. The smallest absolute Gasteiger partial charge is 0.420 e. The van der Waals surface area contributed by atoms with Crippen molar-refractivity contribution in [3.63, 3.8) is 0 Å². The number of alkyl halides is 3. The zero-order valence-corrected chi connectivity index (χ0v) is 16.6. The Morgan fingerprint density at radius 2 is 1.73 bits per heavy atom. The van der Waals surface area contributed by atoms with Crippen molar-refractivity contribution < 1.29 is 32.5 Å². The first-order chi connectivity index (χ1) is 13.9. The number of aliphatic hydroxyl groups is 2. The van der Waals surface area contributed by atoms with Gasteiger partial charge in [-0.2, -0.15) is 13.2 Å². The lowest BCUT2D eigenvalue weighted by atomic mass is 9.57. The van der Waals surface area contributed by atoms with E-state index in [0.29, 0.717) is 10.9 Å².